The van der Waals surface area contributed by atoms with Gasteiger partial charge in [0.1, 0.15) is 6.10 Å². The van der Waals surface area contributed by atoms with Crippen molar-refractivity contribution in [3.8, 4) is 5.75 Å². The maximum atomic E-state index is 12.8. The van der Waals surface area contributed by atoms with Crippen LogP contribution in [0.15, 0.2) is 18.2 Å². The Kier molecular flexibility index (Phi) is 9.03. The van der Waals surface area contributed by atoms with E-state index in [-0.39, 0.29) is 35.5 Å². The first-order chi connectivity index (χ1) is 14.8. The summed E-state index contributed by atoms with van der Waals surface area (Å²) in [5, 5.41) is 0. The molecule has 1 aliphatic rings. The fourth-order valence-corrected chi connectivity index (χ4v) is 5.50. The van der Waals surface area contributed by atoms with Crippen LogP contribution in [0.25, 0.3) is 0 Å². The Hall–Kier alpha value is -1.76. The normalized spacial score (nSPS) is 20.2. The highest BCUT2D eigenvalue weighted by molar-refractivity contribution is 7.85. The van der Waals surface area contributed by atoms with Crippen LogP contribution in [0.1, 0.15) is 97.6 Å². The highest BCUT2D eigenvalue weighted by Gasteiger charge is 2.39. The van der Waals surface area contributed by atoms with Gasteiger partial charge in [0.25, 0.3) is 0 Å². The smallest absolute Gasteiger partial charge is 0.423 e. The first-order valence-electron chi connectivity index (χ1n) is 11.9. The van der Waals surface area contributed by atoms with Crippen LogP contribution < -0.4 is 8.91 Å². The van der Waals surface area contributed by atoms with E-state index >= 15 is 0 Å². The van der Waals surface area contributed by atoms with E-state index in [1.165, 1.54) is 0 Å². The van der Waals surface area contributed by atoms with Crippen molar-refractivity contribution in [3.05, 3.63) is 29.3 Å². The Morgan fingerprint density at radius 2 is 1.38 bits per heavy atom. The van der Waals surface area contributed by atoms with Crippen molar-refractivity contribution >= 4 is 16.4 Å². The Bertz CT molecular complexity index is 834. The fourth-order valence-electron chi connectivity index (χ4n) is 4.79. The lowest BCUT2D eigenvalue weighted by Gasteiger charge is -2.41. The molecule has 0 saturated heterocycles. The van der Waals surface area contributed by atoms with E-state index in [0.29, 0.717) is 11.8 Å². The number of amides is 1. The third-order valence-electron chi connectivity index (χ3n) is 6.60. The predicted molar refractivity (Wildman–Crippen MR) is 128 cm³/mol. The molecule has 6 nitrogen and oxygen atoms in total. The Morgan fingerprint density at radius 1 is 0.906 bits per heavy atom. The van der Waals surface area contributed by atoms with Crippen molar-refractivity contribution in [2.24, 2.45) is 23.7 Å². The van der Waals surface area contributed by atoms with E-state index in [1.54, 1.807) is 0 Å². The molecule has 1 aliphatic carbocycles. The van der Waals surface area contributed by atoms with Crippen LogP contribution in [0, 0.1) is 23.7 Å². The highest BCUT2D eigenvalue weighted by atomic mass is 32.2. The molecule has 32 heavy (non-hydrogen) atoms. The first-order valence-corrected chi connectivity index (χ1v) is 13.3. The summed E-state index contributed by atoms with van der Waals surface area (Å²) in [5.41, 5.74) is 1.56. The molecule has 1 aromatic carbocycles. The van der Waals surface area contributed by atoms with Crippen LogP contribution in [0.3, 0.4) is 0 Å². The lowest BCUT2D eigenvalue weighted by atomic mass is 9.70. The SMILES string of the molecule is CC(C)c1cccc(C(C)C)c1OS(=O)(=O)NC(=O)OC1[C@H](C(C)C)CCC[C@H]1C(C)C. The number of carbonyl (C=O) groups is 1. The molecule has 0 aromatic heterocycles. The summed E-state index contributed by atoms with van der Waals surface area (Å²) in [6.45, 7) is 16.4. The average molecular weight is 468 g/mol. The first kappa shape index (κ1) is 26.5. The third-order valence-corrected chi connectivity index (χ3v) is 7.40. The molecule has 0 radical (unpaired) electrons. The number of para-hydroxylation sites is 1. The van der Waals surface area contributed by atoms with Gasteiger partial charge in [-0.1, -0.05) is 80.0 Å². The predicted octanol–water partition coefficient (Wildman–Crippen LogP) is 6.38. The molecule has 1 N–H and O–H groups in total. The minimum absolute atomic E-state index is 0.0618. The van der Waals surface area contributed by atoms with Crippen molar-refractivity contribution in [3.63, 3.8) is 0 Å². The summed E-state index contributed by atoms with van der Waals surface area (Å²) < 4.78 is 38.8. The minimum atomic E-state index is -4.40. The van der Waals surface area contributed by atoms with Crippen molar-refractivity contribution in [2.45, 2.75) is 92.6 Å². The van der Waals surface area contributed by atoms with E-state index in [9.17, 15) is 13.2 Å². The topological polar surface area (TPSA) is 81.7 Å². The summed E-state index contributed by atoms with van der Waals surface area (Å²) in [4.78, 5) is 12.7. The summed E-state index contributed by atoms with van der Waals surface area (Å²) in [5.74, 6) is 1.51. The Labute approximate surface area is 194 Å². The van der Waals surface area contributed by atoms with Gasteiger partial charge >= 0.3 is 16.4 Å². The molecule has 1 aromatic rings. The largest absolute Gasteiger partial charge is 0.445 e. The standard InChI is InChI=1S/C25H41NO5S/c1-15(2)19-11-9-12-20(16(3)4)23(19)30-25(27)26-32(28,29)31-24-21(17(5)6)13-10-14-22(24)18(7)8/h10,13-20,23H,9,11-12H2,1-8H3,(H,26,27)/t19-,20-/m0/s1. The van der Waals surface area contributed by atoms with Crippen LogP contribution in [0.2, 0.25) is 0 Å². The van der Waals surface area contributed by atoms with Gasteiger partial charge in [-0.15, -0.1) is 0 Å². The Morgan fingerprint density at radius 3 is 1.78 bits per heavy atom. The maximum absolute atomic E-state index is 12.8. The van der Waals surface area contributed by atoms with Gasteiger partial charge in [0.15, 0.2) is 5.75 Å². The van der Waals surface area contributed by atoms with Gasteiger partial charge in [-0.25, -0.2) is 4.79 Å². The van der Waals surface area contributed by atoms with Crippen LogP contribution >= 0.6 is 0 Å². The summed E-state index contributed by atoms with van der Waals surface area (Å²) in [7, 11) is -4.40. The zero-order valence-corrected chi connectivity index (χ0v) is 21.7. The van der Waals surface area contributed by atoms with Gasteiger partial charge < -0.3 is 8.92 Å². The van der Waals surface area contributed by atoms with Gasteiger partial charge in [0.2, 0.25) is 0 Å². The van der Waals surface area contributed by atoms with Crippen molar-refractivity contribution in [2.75, 3.05) is 0 Å². The number of ether oxygens (including phenoxy) is 1. The van der Waals surface area contributed by atoms with Crippen molar-refractivity contribution < 1.29 is 22.1 Å². The van der Waals surface area contributed by atoms with Gasteiger partial charge in [0.05, 0.1) is 0 Å². The summed E-state index contributed by atoms with van der Waals surface area (Å²) in [6.07, 6.45) is 1.76. The molecular formula is C25H41NO5S. The van der Waals surface area contributed by atoms with Crippen LogP contribution in [-0.4, -0.2) is 20.6 Å². The molecule has 7 heteroatoms. The summed E-state index contributed by atoms with van der Waals surface area (Å²) >= 11 is 0. The molecule has 2 rings (SSSR count). The summed E-state index contributed by atoms with van der Waals surface area (Å²) in [6, 6.07) is 5.59. The third kappa shape index (κ3) is 6.63. The monoisotopic (exact) mass is 467 g/mol. The molecule has 1 saturated carbocycles. The molecular weight excluding hydrogens is 426 g/mol. The molecule has 1 fully saturated rings. The molecule has 182 valence electrons. The van der Waals surface area contributed by atoms with Gasteiger partial charge in [0, 0.05) is 0 Å². The average Bonchev–Trinajstić information content (AvgIpc) is 2.66. The van der Waals surface area contributed by atoms with Gasteiger partial charge in [-0.05, 0) is 59.5 Å². The lowest BCUT2D eigenvalue weighted by Crippen LogP contribution is -2.45. The minimum Gasteiger partial charge on any atom is -0.445 e. The fraction of sp³-hybridized carbons (Fsp3) is 0.720. The maximum Gasteiger partial charge on any atom is 0.423 e. The van der Waals surface area contributed by atoms with E-state index in [4.69, 9.17) is 8.92 Å². The van der Waals surface area contributed by atoms with Crippen molar-refractivity contribution in [1.82, 2.24) is 4.72 Å². The lowest BCUT2D eigenvalue weighted by molar-refractivity contribution is -0.0308. The number of hydrogen-bond acceptors (Lipinski definition) is 5. The second kappa shape index (κ2) is 10.9. The molecule has 0 bridgehead atoms. The van der Waals surface area contributed by atoms with Crippen molar-refractivity contribution in [1.29, 1.82) is 0 Å². The van der Waals surface area contributed by atoms with Crippen LogP contribution in [-0.2, 0) is 15.0 Å². The zero-order chi connectivity index (χ0) is 24.2. The number of benzene rings is 1. The number of carbonyl (C=O) groups excluding carboxylic acids is 1. The van der Waals surface area contributed by atoms with E-state index in [2.05, 4.69) is 27.7 Å². The van der Waals surface area contributed by atoms with E-state index < -0.39 is 16.4 Å². The van der Waals surface area contributed by atoms with E-state index in [1.807, 2.05) is 50.6 Å². The molecule has 2 atom stereocenters. The number of nitrogens with one attached hydrogen (secondary N) is 1. The second-order valence-corrected chi connectivity index (χ2v) is 11.6. The molecule has 0 aliphatic heterocycles. The zero-order valence-electron chi connectivity index (χ0n) is 20.8. The number of hydrogen-bond donors (Lipinski definition) is 1. The highest BCUT2D eigenvalue weighted by Crippen LogP contribution is 2.40. The molecule has 0 spiro atoms. The van der Waals surface area contributed by atoms with Gasteiger partial charge in [-0.2, -0.15) is 13.1 Å². The van der Waals surface area contributed by atoms with Gasteiger partial charge in [-0.3, -0.25) is 0 Å². The number of rotatable bonds is 8. The molecule has 0 heterocycles. The molecule has 0 unspecified atom stereocenters. The second-order valence-electron chi connectivity index (χ2n) is 10.3. The van der Waals surface area contributed by atoms with Crippen LogP contribution in [0.5, 0.6) is 5.75 Å². The quantitative estimate of drug-likeness (QED) is 0.480. The van der Waals surface area contributed by atoms with Crippen LogP contribution in [0.4, 0.5) is 4.79 Å². The van der Waals surface area contributed by atoms with E-state index in [0.717, 1.165) is 30.4 Å². The molecule has 1 amide bonds. The Balaban J connectivity index is 2.22.